The maximum Gasteiger partial charge on any atom is 0.280 e. The van der Waals surface area contributed by atoms with E-state index in [0.717, 1.165) is 28.6 Å². The van der Waals surface area contributed by atoms with E-state index in [-0.39, 0.29) is 5.91 Å². The van der Waals surface area contributed by atoms with Crippen LogP contribution in [0.4, 0.5) is 0 Å². The summed E-state index contributed by atoms with van der Waals surface area (Å²) in [5.41, 5.74) is 6.41. The molecule has 0 saturated heterocycles. The molecule has 118 valence electrons. The van der Waals surface area contributed by atoms with Crippen molar-refractivity contribution in [2.45, 2.75) is 27.2 Å². The lowest BCUT2D eigenvalue weighted by atomic mass is 10.1. The molecule has 4 nitrogen and oxygen atoms in total. The molecule has 0 aliphatic heterocycles. The second-order valence-corrected chi connectivity index (χ2v) is 7.03. The highest BCUT2D eigenvalue weighted by Crippen LogP contribution is 2.30. The van der Waals surface area contributed by atoms with E-state index in [0.29, 0.717) is 15.9 Å². The molecule has 1 amide bonds. The number of hydrazine groups is 1. The number of benzene rings is 1. The van der Waals surface area contributed by atoms with Gasteiger partial charge in [-0.1, -0.05) is 32.0 Å². The molecule has 0 bridgehead atoms. The molecule has 22 heavy (non-hydrogen) atoms. The van der Waals surface area contributed by atoms with Crippen molar-refractivity contribution in [3.8, 4) is 0 Å². The largest absolute Gasteiger partial charge is 0.361 e. The Labute approximate surface area is 140 Å². The third-order valence-electron chi connectivity index (χ3n) is 3.35. The van der Waals surface area contributed by atoms with Crippen molar-refractivity contribution >= 4 is 44.7 Å². The van der Waals surface area contributed by atoms with Crippen LogP contribution in [0.15, 0.2) is 24.3 Å². The first kappa shape index (κ1) is 16.7. The lowest BCUT2D eigenvalue weighted by Crippen LogP contribution is -2.47. The maximum absolute atomic E-state index is 12.3. The van der Waals surface area contributed by atoms with Crippen molar-refractivity contribution in [2.75, 3.05) is 6.54 Å². The van der Waals surface area contributed by atoms with Crippen molar-refractivity contribution in [3.05, 3.63) is 34.7 Å². The second kappa shape index (κ2) is 7.56. The van der Waals surface area contributed by atoms with Crippen molar-refractivity contribution < 1.29 is 4.79 Å². The summed E-state index contributed by atoms with van der Waals surface area (Å²) in [5.74, 6) is 0.456. The molecule has 0 aliphatic rings. The van der Waals surface area contributed by atoms with Crippen molar-refractivity contribution in [1.82, 2.24) is 16.2 Å². The Morgan fingerprint density at radius 1 is 1.27 bits per heavy atom. The smallest absolute Gasteiger partial charge is 0.280 e. The third kappa shape index (κ3) is 4.18. The average molecular weight is 335 g/mol. The fourth-order valence-electron chi connectivity index (χ4n) is 2.08. The minimum absolute atomic E-state index is 0.160. The highest BCUT2D eigenvalue weighted by Gasteiger charge is 2.15. The Bertz CT molecular complexity index is 679. The Hall–Kier alpha value is -1.66. The molecule has 1 aromatic carbocycles. The van der Waals surface area contributed by atoms with Crippen LogP contribution in [0, 0.1) is 12.8 Å². The molecule has 6 heteroatoms. The van der Waals surface area contributed by atoms with E-state index in [1.807, 2.05) is 31.2 Å². The molecule has 3 N–H and O–H groups in total. The van der Waals surface area contributed by atoms with Gasteiger partial charge in [0.15, 0.2) is 5.11 Å². The summed E-state index contributed by atoms with van der Waals surface area (Å²) >= 11 is 6.63. The molecule has 1 heterocycles. The predicted octanol–water partition coefficient (Wildman–Crippen LogP) is 3.36. The summed E-state index contributed by atoms with van der Waals surface area (Å²) in [6, 6.07) is 8.01. The fraction of sp³-hybridized carbons (Fsp3) is 0.375. The summed E-state index contributed by atoms with van der Waals surface area (Å²) in [4.78, 5) is 13.0. The fourth-order valence-corrected chi connectivity index (χ4v) is 3.34. The zero-order valence-corrected chi connectivity index (χ0v) is 14.7. The molecular formula is C16H21N3OS2. The lowest BCUT2D eigenvalue weighted by Gasteiger charge is -2.12. The number of fused-ring (bicyclic) bond motifs is 1. The second-order valence-electron chi connectivity index (χ2n) is 5.57. The molecule has 0 radical (unpaired) electrons. The van der Waals surface area contributed by atoms with Gasteiger partial charge in [-0.25, -0.2) is 0 Å². The summed E-state index contributed by atoms with van der Waals surface area (Å²) in [5, 5.41) is 4.63. The first-order valence-electron chi connectivity index (χ1n) is 7.31. The van der Waals surface area contributed by atoms with Crippen LogP contribution < -0.4 is 16.2 Å². The first-order valence-corrected chi connectivity index (χ1v) is 8.54. The monoisotopic (exact) mass is 335 g/mol. The topological polar surface area (TPSA) is 53.2 Å². The number of amides is 1. The van der Waals surface area contributed by atoms with Crippen molar-refractivity contribution in [2.24, 2.45) is 5.92 Å². The van der Waals surface area contributed by atoms with E-state index < -0.39 is 0 Å². The molecule has 0 aliphatic carbocycles. The number of thiocarbonyl (C=S) groups is 1. The van der Waals surface area contributed by atoms with Gasteiger partial charge >= 0.3 is 0 Å². The number of carbonyl (C=O) groups is 1. The van der Waals surface area contributed by atoms with Crippen LogP contribution in [-0.4, -0.2) is 17.6 Å². The molecule has 2 aromatic rings. The van der Waals surface area contributed by atoms with Crippen LogP contribution >= 0.6 is 23.6 Å². The first-order chi connectivity index (χ1) is 10.5. The highest BCUT2D eigenvalue weighted by molar-refractivity contribution is 7.80. The highest BCUT2D eigenvalue weighted by atomic mass is 32.1. The SMILES string of the molecule is Cc1c(C(=O)NNC(=S)NCCC(C)C)sc2ccccc12. The van der Waals surface area contributed by atoms with E-state index in [1.54, 1.807) is 0 Å². The predicted molar refractivity (Wildman–Crippen MR) is 97.2 cm³/mol. The minimum Gasteiger partial charge on any atom is -0.361 e. The number of nitrogens with one attached hydrogen (secondary N) is 3. The Balaban J connectivity index is 1.91. The molecule has 0 saturated carbocycles. The van der Waals surface area contributed by atoms with Gasteiger partial charge in [0.25, 0.3) is 5.91 Å². The molecule has 1 aromatic heterocycles. The molecule has 0 fully saturated rings. The van der Waals surface area contributed by atoms with Gasteiger partial charge in [0.05, 0.1) is 4.88 Å². The van der Waals surface area contributed by atoms with E-state index in [1.165, 1.54) is 11.3 Å². The van der Waals surface area contributed by atoms with Crippen LogP contribution in [0.25, 0.3) is 10.1 Å². The summed E-state index contributed by atoms with van der Waals surface area (Å²) in [7, 11) is 0. The molecule has 0 spiro atoms. The zero-order valence-electron chi connectivity index (χ0n) is 13.0. The molecule has 0 unspecified atom stereocenters. The van der Waals surface area contributed by atoms with Gasteiger partial charge in [0.1, 0.15) is 0 Å². The van der Waals surface area contributed by atoms with Gasteiger partial charge < -0.3 is 5.32 Å². The van der Waals surface area contributed by atoms with E-state index >= 15 is 0 Å². The van der Waals surface area contributed by atoms with Gasteiger partial charge in [-0.15, -0.1) is 11.3 Å². The minimum atomic E-state index is -0.160. The summed E-state index contributed by atoms with van der Waals surface area (Å²) < 4.78 is 1.11. The Morgan fingerprint density at radius 3 is 2.68 bits per heavy atom. The molecule has 0 atom stereocenters. The average Bonchev–Trinajstić information content (AvgIpc) is 2.82. The van der Waals surface area contributed by atoms with Crippen LogP contribution in [0.3, 0.4) is 0 Å². The zero-order chi connectivity index (χ0) is 16.1. The number of carbonyl (C=O) groups excluding carboxylic acids is 1. The van der Waals surface area contributed by atoms with E-state index in [2.05, 4.69) is 30.0 Å². The molecule has 2 rings (SSSR count). The van der Waals surface area contributed by atoms with Gasteiger partial charge in [0.2, 0.25) is 0 Å². The summed E-state index contributed by atoms with van der Waals surface area (Å²) in [6.45, 7) is 7.07. The third-order valence-corrected chi connectivity index (χ3v) is 4.86. The Morgan fingerprint density at radius 2 is 2.00 bits per heavy atom. The number of hydrogen-bond acceptors (Lipinski definition) is 3. The lowest BCUT2D eigenvalue weighted by molar-refractivity contribution is 0.0947. The quantitative estimate of drug-likeness (QED) is 0.592. The normalized spacial score (nSPS) is 10.7. The van der Waals surface area contributed by atoms with Crippen LogP contribution in [0.1, 0.15) is 35.5 Å². The van der Waals surface area contributed by atoms with Gasteiger partial charge in [-0.3, -0.25) is 15.6 Å². The Kier molecular flexibility index (Phi) is 5.74. The van der Waals surface area contributed by atoms with Crippen LogP contribution in [0.5, 0.6) is 0 Å². The van der Waals surface area contributed by atoms with Crippen molar-refractivity contribution in [1.29, 1.82) is 0 Å². The van der Waals surface area contributed by atoms with Crippen molar-refractivity contribution in [3.63, 3.8) is 0 Å². The maximum atomic E-state index is 12.3. The number of hydrogen-bond donors (Lipinski definition) is 3. The number of rotatable bonds is 4. The van der Waals surface area contributed by atoms with Gasteiger partial charge in [0, 0.05) is 11.2 Å². The van der Waals surface area contributed by atoms with Gasteiger partial charge in [-0.2, -0.15) is 0 Å². The van der Waals surface area contributed by atoms with Crippen LogP contribution in [-0.2, 0) is 0 Å². The number of aryl methyl sites for hydroxylation is 1. The number of thiophene rings is 1. The summed E-state index contributed by atoms with van der Waals surface area (Å²) in [6.07, 6.45) is 1.03. The standard InChI is InChI=1S/C16H21N3OS2/c1-10(2)8-9-17-16(21)19-18-15(20)14-11(3)12-6-4-5-7-13(12)22-14/h4-7,10H,8-9H2,1-3H3,(H,18,20)(H2,17,19,21). The van der Waals surface area contributed by atoms with Gasteiger partial charge in [-0.05, 0) is 48.5 Å². The van der Waals surface area contributed by atoms with E-state index in [4.69, 9.17) is 12.2 Å². The van der Waals surface area contributed by atoms with Crippen LogP contribution in [0.2, 0.25) is 0 Å². The molecular weight excluding hydrogens is 314 g/mol. The van der Waals surface area contributed by atoms with E-state index in [9.17, 15) is 4.79 Å².